The molecule has 2 aliphatic heterocycles. The lowest BCUT2D eigenvalue weighted by Crippen LogP contribution is -2.48. The van der Waals surface area contributed by atoms with Gasteiger partial charge in [-0.25, -0.2) is 0 Å². The standard InChI is InChI=1S/C31H32ClN3O/c32-24-7-4-8-25(19-24)34-13-15-35(16-14-34)31(36)23-11-12-27-26(18-23)28-21-9-10-22(17-21)29(28)30(33-27)20-5-2-1-3-6-20/h1-8,11-12,18-19,21-22,28-30,33H,9-10,13-17H2/t21-,22-,28-,29-,30-/m0/s1. The number of rotatable bonds is 3. The predicted molar refractivity (Wildman–Crippen MR) is 146 cm³/mol. The number of benzene rings is 3. The fourth-order valence-electron chi connectivity index (χ4n) is 7.63. The molecule has 1 N–H and O–H groups in total. The van der Waals surface area contributed by atoms with Gasteiger partial charge in [0.15, 0.2) is 0 Å². The van der Waals surface area contributed by atoms with E-state index in [-0.39, 0.29) is 5.91 Å². The van der Waals surface area contributed by atoms with Gasteiger partial charge in [0.2, 0.25) is 0 Å². The van der Waals surface area contributed by atoms with E-state index in [1.807, 2.05) is 29.2 Å². The third kappa shape index (κ3) is 3.69. The molecule has 3 fully saturated rings. The van der Waals surface area contributed by atoms with E-state index in [0.29, 0.717) is 17.9 Å². The Balaban J connectivity index is 1.13. The summed E-state index contributed by atoms with van der Waals surface area (Å²) in [6, 6.07) is 25.7. The van der Waals surface area contributed by atoms with Gasteiger partial charge in [-0.3, -0.25) is 4.79 Å². The Morgan fingerprint density at radius 3 is 2.47 bits per heavy atom. The van der Waals surface area contributed by atoms with Gasteiger partial charge in [-0.15, -0.1) is 0 Å². The van der Waals surface area contributed by atoms with Crippen molar-refractivity contribution in [1.82, 2.24) is 4.90 Å². The highest BCUT2D eigenvalue weighted by Gasteiger charge is 2.53. The molecule has 0 radical (unpaired) electrons. The summed E-state index contributed by atoms with van der Waals surface area (Å²) in [5.41, 5.74) is 5.96. The summed E-state index contributed by atoms with van der Waals surface area (Å²) >= 11 is 6.19. The number of fused-ring (bicyclic) bond motifs is 7. The van der Waals surface area contributed by atoms with Crippen molar-refractivity contribution in [2.45, 2.75) is 31.2 Å². The summed E-state index contributed by atoms with van der Waals surface area (Å²) < 4.78 is 0. The van der Waals surface area contributed by atoms with Crippen molar-refractivity contribution in [3.63, 3.8) is 0 Å². The Bertz CT molecular complexity index is 1290. The monoisotopic (exact) mass is 497 g/mol. The first-order chi connectivity index (χ1) is 17.7. The highest BCUT2D eigenvalue weighted by atomic mass is 35.5. The van der Waals surface area contributed by atoms with Crippen LogP contribution >= 0.6 is 11.6 Å². The summed E-state index contributed by atoms with van der Waals surface area (Å²) in [7, 11) is 0. The fourth-order valence-corrected chi connectivity index (χ4v) is 7.82. The van der Waals surface area contributed by atoms with Gasteiger partial charge in [-0.05, 0) is 90.5 Å². The maximum atomic E-state index is 13.6. The maximum absolute atomic E-state index is 13.6. The number of carbonyl (C=O) groups excluding carboxylic acids is 1. The molecule has 2 aliphatic carbocycles. The van der Waals surface area contributed by atoms with E-state index in [2.05, 4.69) is 58.7 Å². The fraction of sp³-hybridized carbons (Fsp3) is 0.387. The van der Waals surface area contributed by atoms with E-state index in [1.54, 1.807) is 0 Å². The van der Waals surface area contributed by atoms with E-state index in [0.717, 1.165) is 54.3 Å². The maximum Gasteiger partial charge on any atom is 0.253 e. The summed E-state index contributed by atoms with van der Waals surface area (Å²) in [6.07, 6.45) is 4.02. The third-order valence-corrected chi connectivity index (χ3v) is 9.47. The number of anilines is 2. The molecule has 0 aromatic heterocycles. The molecule has 4 aliphatic rings. The number of carbonyl (C=O) groups is 1. The highest BCUT2D eigenvalue weighted by Crippen LogP contribution is 2.63. The zero-order valence-corrected chi connectivity index (χ0v) is 21.2. The topological polar surface area (TPSA) is 35.6 Å². The largest absolute Gasteiger partial charge is 0.378 e. The number of nitrogens with zero attached hydrogens (tertiary/aromatic N) is 2. The van der Waals surface area contributed by atoms with E-state index < -0.39 is 0 Å². The third-order valence-electron chi connectivity index (χ3n) is 9.23. The number of amides is 1. The van der Waals surface area contributed by atoms with Gasteiger partial charge >= 0.3 is 0 Å². The van der Waals surface area contributed by atoms with Gasteiger partial charge in [0.05, 0.1) is 6.04 Å². The number of hydrogen-bond acceptors (Lipinski definition) is 3. The number of hydrogen-bond donors (Lipinski definition) is 1. The molecule has 4 nitrogen and oxygen atoms in total. The van der Waals surface area contributed by atoms with Gasteiger partial charge in [0.25, 0.3) is 5.91 Å². The van der Waals surface area contributed by atoms with Gasteiger partial charge in [0.1, 0.15) is 0 Å². The minimum Gasteiger partial charge on any atom is -0.378 e. The van der Waals surface area contributed by atoms with Crippen LogP contribution in [0.15, 0.2) is 72.8 Å². The van der Waals surface area contributed by atoms with Crippen LogP contribution in [-0.2, 0) is 0 Å². The number of nitrogens with one attached hydrogen (secondary N) is 1. The van der Waals surface area contributed by atoms with Gasteiger partial charge < -0.3 is 15.1 Å². The molecule has 7 rings (SSSR count). The highest BCUT2D eigenvalue weighted by molar-refractivity contribution is 6.30. The van der Waals surface area contributed by atoms with Crippen LogP contribution in [0, 0.1) is 17.8 Å². The lowest BCUT2D eigenvalue weighted by molar-refractivity contribution is 0.0746. The first-order valence-electron chi connectivity index (χ1n) is 13.4. The predicted octanol–water partition coefficient (Wildman–Crippen LogP) is 6.60. The molecule has 5 atom stereocenters. The molecular formula is C31H32ClN3O. The number of halogens is 1. The summed E-state index contributed by atoms with van der Waals surface area (Å²) in [5.74, 6) is 2.86. The Kier molecular flexibility index (Phi) is 5.46. The summed E-state index contributed by atoms with van der Waals surface area (Å²) in [4.78, 5) is 17.9. The van der Waals surface area contributed by atoms with Crippen LogP contribution in [0.4, 0.5) is 11.4 Å². The first-order valence-corrected chi connectivity index (χ1v) is 13.8. The zero-order valence-electron chi connectivity index (χ0n) is 20.4. The van der Waals surface area contributed by atoms with Crippen LogP contribution in [0.25, 0.3) is 0 Å². The minimum atomic E-state index is 0.161. The molecule has 2 heterocycles. The second-order valence-corrected chi connectivity index (χ2v) is 11.5. The van der Waals surface area contributed by atoms with Crippen molar-refractivity contribution < 1.29 is 4.79 Å². The van der Waals surface area contributed by atoms with Crippen molar-refractivity contribution in [3.8, 4) is 0 Å². The van der Waals surface area contributed by atoms with Crippen molar-refractivity contribution in [2.24, 2.45) is 17.8 Å². The second kappa shape index (κ2) is 8.85. The molecule has 36 heavy (non-hydrogen) atoms. The Morgan fingerprint density at radius 1 is 0.861 bits per heavy atom. The molecule has 2 bridgehead atoms. The average Bonchev–Trinajstić information content (AvgIpc) is 3.56. The Labute approximate surface area is 218 Å². The second-order valence-electron chi connectivity index (χ2n) is 11.0. The van der Waals surface area contributed by atoms with Gasteiger partial charge in [0, 0.05) is 48.1 Å². The first kappa shape index (κ1) is 22.2. The lowest BCUT2D eigenvalue weighted by Gasteiger charge is -2.44. The molecule has 2 saturated carbocycles. The molecule has 0 unspecified atom stereocenters. The Hall–Kier alpha value is -2.98. The molecule has 3 aromatic carbocycles. The van der Waals surface area contributed by atoms with Crippen LogP contribution in [0.2, 0.25) is 5.02 Å². The van der Waals surface area contributed by atoms with Crippen LogP contribution in [0.3, 0.4) is 0 Å². The number of piperazine rings is 1. The molecular weight excluding hydrogens is 466 g/mol. The lowest BCUT2D eigenvalue weighted by atomic mass is 9.68. The van der Waals surface area contributed by atoms with Crippen molar-refractivity contribution in [2.75, 3.05) is 36.4 Å². The Morgan fingerprint density at radius 2 is 1.67 bits per heavy atom. The minimum absolute atomic E-state index is 0.161. The van der Waals surface area contributed by atoms with E-state index in [4.69, 9.17) is 11.6 Å². The molecule has 3 aromatic rings. The summed E-state index contributed by atoms with van der Waals surface area (Å²) in [5, 5.41) is 4.65. The van der Waals surface area contributed by atoms with E-state index in [1.165, 1.54) is 36.1 Å². The molecule has 1 amide bonds. The molecule has 184 valence electrons. The quantitative estimate of drug-likeness (QED) is 0.443. The van der Waals surface area contributed by atoms with Crippen LogP contribution in [0.5, 0.6) is 0 Å². The average molecular weight is 498 g/mol. The zero-order chi connectivity index (χ0) is 24.2. The van der Waals surface area contributed by atoms with Crippen molar-refractivity contribution in [1.29, 1.82) is 0 Å². The van der Waals surface area contributed by atoms with Crippen LogP contribution in [0.1, 0.15) is 52.7 Å². The molecule has 1 saturated heterocycles. The normalized spacial score (nSPS) is 28.4. The van der Waals surface area contributed by atoms with E-state index >= 15 is 0 Å². The SMILES string of the molecule is O=C(c1ccc2c(c1)[C@@H]1[C@H]3CC[C@@H](C3)[C@@H]1[C@H](c1ccccc1)N2)N1CCN(c2cccc(Cl)c2)CC1. The molecule has 5 heteroatoms. The van der Waals surface area contributed by atoms with Gasteiger partial charge in [-0.2, -0.15) is 0 Å². The van der Waals surface area contributed by atoms with Crippen LogP contribution in [-0.4, -0.2) is 37.0 Å². The smallest absolute Gasteiger partial charge is 0.253 e. The van der Waals surface area contributed by atoms with Crippen molar-refractivity contribution >= 4 is 28.9 Å². The van der Waals surface area contributed by atoms with E-state index in [9.17, 15) is 4.79 Å². The van der Waals surface area contributed by atoms with Crippen molar-refractivity contribution in [3.05, 3.63) is 94.5 Å². The van der Waals surface area contributed by atoms with Gasteiger partial charge in [-0.1, -0.05) is 48.0 Å². The van der Waals surface area contributed by atoms with Crippen LogP contribution < -0.4 is 10.2 Å². The molecule has 0 spiro atoms. The summed E-state index contributed by atoms with van der Waals surface area (Å²) in [6.45, 7) is 3.11.